The van der Waals surface area contributed by atoms with Gasteiger partial charge in [0.25, 0.3) is 0 Å². The van der Waals surface area contributed by atoms with E-state index in [1.807, 2.05) is 0 Å². The van der Waals surface area contributed by atoms with Crippen molar-refractivity contribution in [2.75, 3.05) is 11.9 Å². The second-order valence-corrected chi connectivity index (χ2v) is 4.40. The summed E-state index contributed by atoms with van der Waals surface area (Å²) in [6, 6.07) is 5.85. The van der Waals surface area contributed by atoms with Crippen LogP contribution in [0.5, 0.6) is 5.75 Å². The van der Waals surface area contributed by atoms with E-state index in [9.17, 15) is 13.6 Å². The lowest BCUT2D eigenvalue weighted by atomic mass is 10.1. The Labute approximate surface area is 117 Å². The van der Waals surface area contributed by atoms with Gasteiger partial charge in [0.15, 0.2) is 0 Å². The van der Waals surface area contributed by atoms with Gasteiger partial charge in [-0.2, -0.15) is 8.78 Å². The van der Waals surface area contributed by atoms with E-state index in [-0.39, 0.29) is 11.7 Å². The molecule has 1 aromatic rings. The van der Waals surface area contributed by atoms with Crippen LogP contribution in [0.2, 0.25) is 0 Å². The van der Waals surface area contributed by atoms with Crippen molar-refractivity contribution >= 4 is 11.6 Å². The van der Waals surface area contributed by atoms with Crippen LogP contribution in [0.3, 0.4) is 0 Å². The van der Waals surface area contributed by atoms with Crippen molar-refractivity contribution in [2.45, 2.75) is 38.7 Å². The molecule has 0 unspecified atom stereocenters. The van der Waals surface area contributed by atoms with Crippen LogP contribution in [0.15, 0.2) is 24.3 Å². The molecule has 1 amide bonds. The van der Waals surface area contributed by atoms with Crippen molar-refractivity contribution in [3.8, 4) is 5.75 Å². The summed E-state index contributed by atoms with van der Waals surface area (Å²) in [5, 5.41) is 2.71. The van der Waals surface area contributed by atoms with E-state index in [1.165, 1.54) is 24.3 Å². The average Bonchev–Trinajstić information content (AvgIpc) is 2.40. The van der Waals surface area contributed by atoms with E-state index < -0.39 is 6.61 Å². The summed E-state index contributed by atoms with van der Waals surface area (Å²) in [5.74, 6) is -0.0138. The van der Waals surface area contributed by atoms with Crippen LogP contribution in [0.25, 0.3) is 0 Å². The molecule has 0 spiro atoms. The summed E-state index contributed by atoms with van der Waals surface area (Å²) in [6.45, 7) is -2.16. The fourth-order valence-electron chi connectivity index (χ4n) is 1.73. The first-order valence-corrected chi connectivity index (χ1v) is 6.66. The zero-order valence-electron chi connectivity index (χ0n) is 11.3. The fraction of sp³-hybridized carbons (Fsp3) is 0.500. The van der Waals surface area contributed by atoms with Gasteiger partial charge in [-0.25, -0.2) is 0 Å². The standard InChI is InChI=1S/C14H20F2N2O2/c15-14(16)20-12-8-6-11(7-9-12)18-13(19)5-3-1-2-4-10-17/h6-9,14H,1-5,10,17H2,(H,18,19). The summed E-state index contributed by atoms with van der Waals surface area (Å²) in [6.07, 6.45) is 4.25. The fourth-order valence-corrected chi connectivity index (χ4v) is 1.73. The monoisotopic (exact) mass is 286 g/mol. The van der Waals surface area contributed by atoms with Gasteiger partial charge in [0, 0.05) is 12.1 Å². The molecule has 0 atom stereocenters. The second kappa shape index (κ2) is 9.25. The number of carbonyl (C=O) groups is 1. The highest BCUT2D eigenvalue weighted by molar-refractivity contribution is 5.90. The van der Waals surface area contributed by atoms with Gasteiger partial charge in [0.2, 0.25) is 5.91 Å². The van der Waals surface area contributed by atoms with Crippen molar-refractivity contribution < 1.29 is 18.3 Å². The first-order valence-electron chi connectivity index (χ1n) is 6.66. The molecule has 0 saturated heterocycles. The van der Waals surface area contributed by atoms with Crippen molar-refractivity contribution in [3.63, 3.8) is 0 Å². The number of amides is 1. The smallest absolute Gasteiger partial charge is 0.387 e. The SMILES string of the molecule is NCCCCCCC(=O)Nc1ccc(OC(F)F)cc1. The lowest BCUT2D eigenvalue weighted by Crippen LogP contribution is -2.11. The highest BCUT2D eigenvalue weighted by atomic mass is 19.3. The number of unbranched alkanes of at least 4 members (excludes halogenated alkanes) is 3. The maximum atomic E-state index is 12.0. The van der Waals surface area contributed by atoms with Crippen LogP contribution in [-0.4, -0.2) is 19.1 Å². The van der Waals surface area contributed by atoms with Gasteiger partial charge >= 0.3 is 6.61 Å². The van der Waals surface area contributed by atoms with Crippen molar-refractivity contribution in [1.29, 1.82) is 0 Å². The third-order valence-electron chi connectivity index (χ3n) is 2.72. The third-order valence-corrected chi connectivity index (χ3v) is 2.72. The Kier molecular flexibility index (Phi) is 7.57. The molecule has 1 rings (SSSR count). The number of halogens is 2. The number of rotatable bonds is 9. The van der Waals surface area contributed by atoms with Gasteiger partial charge in [-0.3, -0.25) is 4.79 Å². The maximum Gasteiger partial charge on any atom is 0.387 e. The van der Waals surface area contributed by atoms with Crippen LogP contribution in [-0.2, 0) is 4.79 Å². The summed E-state index contributed by atoms with van der Waals surface area (Å²) in [4.78, 5) is 11.6. The largest absolute Gasteiger partial charge is 0.435 e. The molecule has 0 fully saturated rings. The summed E-state index contributed by atoms with van der Waals surface area (Å²) >= 11 is 0. The van der Waals surface area contributed by atoms with Gasteiger partial charge in [-0.05, 0) is 43.7 Å². The van der Waals surface area contributed by atoms with E-state index in [0.29, 0.717) is 18.7 Å². The number of benzene rings is 1. The number of carbonyl (C=O) groups excluding carboxylic acids is 1. The van der Waals surface area contributed by atoms with Gasteiger partial charge in [0.1, 0.15) is 5.75 Å². The molecule has 0 radical (unpaired) electrons. The van der Waals surface area contributed by atoms with Crippen LogP contribution >= 0.6 is 0 Å². The van der Waals surface area contributed by atoms with E-state index >= 15 is 0 Å². The van der Waals surface area contributed by atoms with Crippen LogP contribution in [0, 0.1) is 0 Å². The summed E-state index contributed by atoms with van der Waals surface area (Å²) in [7, 11) is 0. The molecule has 6 heteroatoms. The van der Waals surface area contributed by atoms with Crippen LogP contribution < -0.4 is 15.8 Å². The molecule has 4 nitrogen and oxygen atoms in total. The highest BCUT2D eigenvalue weighted by Crippen LogP contribution is 2.18. The van der Waals surface area contributed by atoms with Crippen molar-refractivity contribution in [2.24, 2.45) is 5.73 Å². The first kappa shape index (κ1) is 16.4. The lowest BCUT2D eigenvalue weighted by Gasteiger charge is -2.07. The molecule has 3 N–H and O–H groups in total. The lowest BCUT2D eigenvalue weighted by molar-refractivity contribution is -0.116. The maximum absolute atomic E-state index is 12.0. The predicted octanol–water partition coefficient (Wildman–Crippen LogP) is 3.14. The molecule has 0 aromatic heterocycles. The Balaban J connectivity index is 2.27. The zero-order valence-corrected chi connectivity index (χ0v) is 11.3. The predicted molar refractivity (Wildman–Crippen MR) is 73.8 cm³/mol. The van der Waals surface area contributed by atoms with Gasteiger partial charge in [-0.15, -0.1) is 0 Å². The number of nitrogens with one attached hydrogen (secondary N) is 1. The molecule has 112 valence electrons. The number of nitrogens with two attached hydrogens (primary N) is 1. The van der Waals surface area contributed by atoms with Crippen LogP contribution in [0.4, 0.5) is 14.5 Å². The number of anilines is 1. The van der Waals surface area contributed by atoms with Crippen LogP contribution in [0.1, 0.15) is 32.1 Å². The van der Waals surface area contributed by atoms with Gasteiger partial charge in [0.05, 0.1) is 0 Å². The highest BCUT2D eigenvalue weighted by Gasteiger charge is 2.05. The van der Waals surface area contributed by atoms with E-state index in [4.69, 9.17) is 5.73 Å². The number of alkyl halides is 2. The second-order valence-electron chi connectivity index (χ2n) is 4.40. The normalized spacial score (nSPS) is 10.6. The Bertz CT molecular complexity index is 397. The number of hydrogen-bond acceptors (Lipinski definition) is 3. The molecule has 0 aliphatic heterocycles. The molecule has 0 saturated carbocycles. The van der Waals surface area contributed by atoms with Crippen molar-refractivity contribution in [1.82, 2.24) is 0 Å². The Morgan fingerprint density at radius 2 is 1.80 bits per heavy atom. The first-order chi connectivity index (χ1) is 9.61. The molecule has 1 aromatic carbocycles. The molecule has 0 aliphatic rings. The average molecular weight is 286 g/mol. The zero-order chi connectivity index (χ0) is 14.8. The van der Waals surface area contributed by atoms with Crippen molar-refractivity contribution in [3.05, 3.63) is 24.3 Å². The molecular formula is C14H20F2N2O2. The number of hydrogen-bond donors (Lipinski definition) is 2. The molecule has 0 heterocycles. The molecule has 20 heavy (non-hydrogen) atoms. The summed E-state index contributed by atoms with van der Waals surface area (Å²) < 4.78 is 28.1. The topological polar surface area (TPSA) is 64.4 Å². The number of ether oxygens (including phenoxy) is 1. The Morgan fingerprint density at radius 3 is 2.40 bits per heavy atom. The van der Waals surface area contributed by atoms with Gasteiger partial charge < -0.3 is 15.8 Å². The minimum atomic E-state index is -2.84. The Hall–Kier alpha value is -1.69. The minimum Gasteiger partial charge on any atom is -0.435 e. The molecule has 0 aliphatic carbocycles. The van der Waals surface area contributed by atoms with Gasteiger partial charge in [-0.1, -0.05) is 12.8 Å². The minimum absolute atomic E-state index is 0.0692. The quantitative estimate of drug-likeness (QED) is 0.685. The summed E-state index contributed by atoms with van der Waals surface area (Å²) in [5.41, 5.74) is 5.95. The van der Waals surface area contributed by atoms with E-state index in [2.05, 4.69) is 10.1 Å². The third kappa shape index (κ3) is 7.04. The Morgan fingerprint density at radius 1 is 1.15 bits per heavy atom. The molecular weight excluding hydrogens is 266 g/mol. The molecule has 0 bridgehead atoms. The van der Waals surface area contributed by atoms with E-state index in [0.717, 1.165) is 25.7 Å². The van der Waals surface area contributed by atoms with E-state index in [1.54, 1.807) is 0 Å².